The number of para-hydroxylation sites is 1. The smallest absolute Gasteiger partial charge is 0.294 e. The zero-order valence-corrected chi connectivity index (χ0v) is 15.8. The van der Waals surface area contributed by atoms with Crippen LogP contribution < -0.4 is 10.9 Å². The van der Waals surface area contributed by atoms with Crippen molar-refractivity contribution in [2.75, 3.05) is 0 Å². The lowest BCUT2D eigenvalue weighted by molar-refractivity contribution is 0.508. The average molecular weight is 412 g/mol. The quantitative estimate of drug-likeness (QED) is 0.500. The summed E-state index contributed by atoms with van der Waals surface area (Å²) in [5.74, 6) is 0.601. The highest BCUT2D eigenvalue weighted by molar-refractivity contribution is 9.10. The van der Waals surface area contributed by atoms with Gasteiger partial charge < -0.3 is 14.7 Å². The number of rotatable bonds is 5. The van der Waals surface area contributed by atoms with Crippen molar-refractivity contribution in [2.24, 2.45) is 0 Å². The van der Waals surface area contributed by atoms with Gasteiger partial charge in [0.15, 0.2) is 0 Å². The Hall–Kier alpha value is -2.44. The number of nitrogens with zero attached hydrogens (tertiary/aromatic N) is 1. The molecule has 1 atom stereocenters. The molecule has 0 aliphatic rings. The Kier molecular flexibility index (Phi) is 4.61. The Labute approximate surface area is 158 Å². The number of hydrogen-bond acceptors (Lipinski definition) is 4. The number of hydrogen-bond donors (Lipinski definition) is 2. The Morgan fingerprint density at radius 2 is 1.96 bits per heavy atom. The number of halogens is 1. The van der Waals surface area contributed by atoms with Crippen LogP contribution in [0.4, 0.5) is 0 Å². The van der Waals surface area contributed by atoms with Crippen molar-refractivity contribution in [3.63, 3.8) is 0 Å². The van der Waals surface area contributed by atoms with E-state index in [1.807, 2.05) is 36.4 Å². The molecule has 2 N–H and O–H groups in total. The largest absolute Gasteiger partial charge is 0.449 e. The van der Waals surface area contributed by atoms with Gasteiger partial charge in [-0.05, 0) is 36.2 Å². The summed E-state index contributed by atoms with van der Waals surface area (Å²) >= 11 is 3.46. The minimum atomic E-state index is -0.250. The molecule has 5 nitrogen and oxygen atoms in total. The van der Waals surface area contributed by atoms with E-state index >= 15 is 0 Å². The van der Waals surface area contributed by atoms with E-state index in [0.717, 1.165) is 16.3 Å². The molecule has 0 aliphatic heterocycles. The predicted molar refractivity (Wildman–Crippen MR) is 106 cm³/mol. The van der Waals surface area contributed by atoms with Crippen molar-refractivity contribution in [2.45, 2.75) is 25.9 Å². The first kappa shape index (κ1) is 17.0. The fourth-order valence-electron chi connectivity index (χ4n) is 3.14. The summed E-state index contributed by atoms with van der Waals surface area (Å²) in [7, 11) is 0. The third-order valence-electron chi connectivity index (χ3n) is 4.48. The molecule has 132 valence electrons. The van der Waals surface area contributed by atoms with Gasteiger partial charge in [0.05, 0.1) is 6.54 Å². The van der Waals surface area contributed by atoms with Crippen molar-refractivity contribution in [3.8, 4) is 0 Å². The second kappa shape index (κ2) is 7.05. The first-order chi connectivity index (χ1) is 12.7. The second-order valence-electron chi connectivity index (χ2n) is 6.18. The average Bonchev–Trinajstić information content (AvgIpc) is 3.03. The fraction of sp³-hybridized carbons (Fsp3) is 0.200. The van der Waals surface area contributed by atoms with Crippen LogP contribution in [0.25, 0.3) is 22.1 Å². The van der Waals surface area contributed by atoms with Crippen molar-refractivity contribution < 1.29 is 4.42 Å². The van der Waals surface area contributed by atoms with E-state index in [4.69, 9.17) is 4.42 Å². The van der Waals surface area contributed by atoms with Crippen LogP contribution in [0, 0.1) is 0 Å². The molecule has 0 spiro atoms. The summed E-state index contributed by atoms with van der Waals surface area (Å²) in [6.07, 6.45) is 0.933. The molecule has 4 aromatic rings. The summed E-state index contributed by atoms with van der Waals surface area (Å²) in [5.41, 5.74) is 2.51. The van der Waals surface area contributed by atoms with E-state index in [2.05, 4.69) is 50.3 Å². The Morgan fingerprint density at radius 1 is 1.19 bits per heavy atom. The lowest BCUT2D eigenvalue weighted by Crippen LogP contribution is -2.23. The molecule has 2 aromatic heterocycles. The van der Waals surface area contributed by atoms with Gasteiger partial charge in [0, 0.05) is 15.9 Å². The molecule has 0 aliphatic carbocycles. The van der Waals surface area contributed by atoms with Crippen LogP contribution in [0.5, 0.6) is 0 Å². The van der Waals surface area contributed by atoms with Gasteiger partial charge in [0.1, 0.15) is 16.9 Å². The first-order valence-electron chi connectivity index (χ1n) is 8.55. The van der Waals surface area contributed by atoms with Crippen LogP contribution in [-0.2, 0) is 6.54 Å². The monoisotopic (exact) mass is 411 g/mol. The molecule has 0 saturated carbocycles. The Bertz CT molecular complexity index is 1120. The maximum absolute atomic E-state index is 12.4. The third kappa shape index (κ3) is 3.18. The minimum absolute atomic E-state index is 0.185. The minimum Gasteiger partial charge on any atom is -0.449 e. The molecule has 0 radical (unpaired) electrons. The summed E-state index contributed by atoms with van der Waals surface area (Å²) in [4.78, 5) is 19.8. The van der Waals surface area contributed by atoms with Gasteiger partial charge in [-0.15, -0.1) is 0 Å². The maximum Gasteiger partial charge on any atom is 0.294 e. The first-order valence-corrected chi connectivity index (χ1v) is 9.34. The zero-order valence-electron chi connectivity index (χ0n) is 14.3. The fourth-order valence-corrected chi connectivity index (χ4v) is 3.41. The van der Waals surface area contributed by atoms with Crippen molar-refractivity contribution in [3.05, 3.63) is 74.7 Å². The van der Waals surface area contributed by atoms with E-state index in [1.165, 1.54) is 5.56 Å². The summed E-state index contributed by atoms with van der Waals surface area (Å²) in [6, 6.07) is 16.0. The van der Waals surface area contributed by atoms with Crippen LogP contribution >= 0.6 is 15.9 Å². The Morgan fingerprint density at radius 3 is 2.73 bits per heavy atom. The van der Waals surface area contributed by atoms with Crippen LogP contribution in [0.1, 0.15) is 30.8 Å². The lowest BCUT2D eigenvalue weighted by Gasteiger charge is -2.17. The number of nitrogens with one attached hydrogen (secondary N) is 2. The van der Waals surface area contributed by atoms with Gasteiger partial charge in [0.2, 0.25) is 5.58 Å². The molecule has 26 heavy (non-hydrogen) atoms. The van der Waals surface area contributed by atoms with Crippen molar-refractivity contribution in [1.29, 1.82) is 0 Å². The molecule has 0 fully saturated rings. The Balaban J connectivity index is 1.63. The van der Waals surface area contributed by atoms with Crippen LogP contribution in [0.2, 0.25) is 0 Å². The maximum atomic E-state index is 12.4. The molecule has 0 bridgehead atoms. The highest BCUT2D eigenvalue weighted by atomic mass is 79.9. The van der Waals surface area contributed by atoms with Gasteiger partial charge in [0.25, 0.3) is 5.56 Å². The number of aromatic amines is 1. The highest BCUT2D eigenvalue weighted by Gasteiger charge is 2.14. The SMILES string of the molecule is CC[C@@H](NCc1nc2c(oc3ccccc32)c(=O)[nH]1)c1ccc(Br)cc1. The molecule has 2 aromatic carbocycles. The van der Waals surface area contributed by atoms with E-state index in [0.29, 0.717) is 23.5 Å². The zero-order chi connectivity index (χ0) is 18.1. The lowest BCUT2D eigenvalue weighted by atomic mass is 10.0. The molecular weight excluding hydrogens is 394 g/mol. The summed E-state index contributed by atoms with van der Waals surface area (Å²) < 4.78 is 6.69. The van der Waals surface area contributed by atoms with Gasteiger partial charge in [-0.25, -0.2) is 4.98 Å². The van der Waals surface area contributed by atoms with Crippen LogP contribution in [-0.4, -0.2) is 9.97 Å². The van der Waals surface area contributed by atoms with Crippen LogP contribution in [0.3, 0.4) is 0 Å². The standard InChI is InChI=1S/C20H18BrN3O2/c1-2-15(12-7-9-13(21)10-8-12)22-11-17-23-18-14-5-3-4-6-16(14)26-19(18)20(25)24-17/h3-10,15,22H,2,11H2,1H3,(H,23,24,25)/t15-/m1/s1. The van der Waals surface area contributed by atoms with Crippen molar-refractivity contribution in [1.82, 2.24) is 15.3 Å². The molecule has 2 heterocycles. The molecule has 0 saturated heterocycles. The predicted octanol–water partition coefficient (Wildman–Crippen LogP) is 4.67. The van der Waals surface area contributed by atoms with Crippen LogP contribution in [0.15, 0.2) is 62.2 Å². The van der Waals surface area contributed by atoms with E-state index in [1.54, 1.807) is 0 Å². The van der Waals surface area contributed by atoms with E-state index < -0.39 is 0 Å². The molecular formula is C20H18BrN3O2. The number of H-pyrrole nitrogens is 1. The molecule has 6 heteroatoms. The van der Waals surface area contributed by atoms with Gasteiger partial charge in [-0.2, -0.15) is 0 Å². The number of furan rings is 1. The summed E-state index contributed by atoms with van der Waals surface area (Å²) in [6.45, 7) is 2.60. The number of fused-ring (bicyclic) bond motifs is 3. The molecule has 0 amide bonds. The second-order valence-corrected chi connectivity index (χ2v) is 7.10. The van der Waals surface area contributed by atoms with E-state index in [9.17, 15) is 4.79 Å². The third-order valence-corrected chi connectivity index (χ3v) is 5.01. The van der Waals surface area contributed by atoms with Gasteiger partial charge in [-0.1, -0.05) is 47.1 Å². The molecule has 4 rings (SSSR count). The molecule has 0 unspecified atom stereocenters. The highest BCUT2D eigenvalue weighted by Crippen LogP contribution is 2.24. The topological polar surface area (TPSA) is 70.9 Å². The van der Waals surface area contributed by atoms with Gasteiger partial charge in [-0.3, -0.25) is 4.79 Å². The number of aromatic nitrogens is 2. The van der Waals surface area contributed by atoms with E-state index in [-0.39, 0.29) is 17.2 Å². The van der Waals surface area contributed by atoms with Gasteiger partial charge >= 0.3 is 0 Å². The summed E-state index contributed by atoms with van der Waals surface area (Å²) in [5, 5.41) is 4.33. The number of benzene rings is 2. The normalized spacial score (nSPS) is 12.7. The van der Waals surface area contributed by atoms with Crippen molar-refractivity contribution >= 4 is 38.0 Å².